The molecule has 0 aromatic heterocycles. The van der Waals surface area contributed by atoms with E-state index < -0.39 is 0 Å². The zero-order valence-electron chi connectivity index (χ0n) is 10.5. The van der Waals surface area contributed by atoms with Gasteiger partial charge in [0.1, 0.15) is 0 Å². The normalized spacial score (nSPS) is 16.3. The van der Waals surface area contributed by atoms with Crippen molar-refractivity contribution in [3.8, 4) is 0 Å². The Kier molecular flexibility index (Phi) is 3.22. The summed E-state index contributed by atoms with van der Waals surface area (Å²) >= 11 is 0. The van der Waals surface area contributed by atoms with Gasteiger partial charge in [0.2, 0.25) is 0 Å². The Morgan fingerprint density at radius 1 is 0.778 bits per heavy atom. The first kappa shape index (κ1) is 11.9. The van der Waals surface area contributed by atoms with E-state index in [1.54, 1.807) is 0 Å². The highest BCUT2D eigenvalue weighted by atomic mass is 31.0. The van der Waals surface area contributed by atoms with Crippen LogP contribution in [0.15, 0.2) is 60.7 Å². The van der Waals surface area contributed by atoms with Gasteiger partial charge in [-0.05, 0) is 29.9 Å². The molecule has 0 nitrogen and oxygen atoms in total. The molecule has 0 saturated heterocycles. The van der Waals surface area contributed by atoms with Gasteiger partial charge in [-0.1, -0.05) is 67.1 Å². The molecule has 2 aromatic carbocycles. The van der Waals surface area contributed by atoms with Crippen LogP contribution in [-0.2, 0) is 5.16 Å². The maximum absolute atomic E-state index is 3.16. The predicted molar refractivity (Wildman–Crippen MR) is 80.7 cm³/mol. The molecule has 92 valence electrons. The van der Waals surface area contributed by atoms with Crippen LogP contribution in [-0.4, -0.2) is 0 Å². The van der Waals surface area contributed by atoms with Crippen molar-refractivity contribution in [3.63, 3.8) is 0 Å². The Hall–Kier alpha value is -1.13. The lowest BCUT2D eigenvalue weighted by molar-refractivity contribution is 0.262. The Labute approximate surface area is 112 Å². The molecule has 1 unspecified atom stereocenters. The lowest BCUT2D eigenvalue weighted by atomic mass is 9.69. The molecule has 1 saturated carbocycles. The van der Waals surface area contributed by atoms with Crippen molar-refractivity contribution in [2.45, 2.75) is 24.4 Å². The molecular weight excluding hydrogens is 235 g/mol. The van der Waals surface area contributed by atoms with Gasteiger partial charge in [0.25, 0.3) is 0 Å². The number of hydrogen-bond donors (Lipinski definition) is 0. The van der Waals surface area contributed by atoms with E-state index in [9.17, 15) is 0 Å². The van der Waals surface area contributed by atoms with Crippen LogP contribution in [0, 0.1) is 5.92 Å². The summed E-state index contributed by atoms with van der Waals surface area (Å²) in [5.41, 5.74) is 2.84. The van der Waals surface area contributed by atoms with Crippen LogP contribution in [0.25, 0.3) is 0 Å². The first-order valence-electron chi connectivity index (χ1n) is 6.72. The molecule has 0 N–H and O–H groups in total. The Bertz CT molecular complexity index is 460. The smallest absolute Gasteiger partial charge is 0.0372 e. The number of hydrogen-bond acceptors (Lipinski definition) is 0. The lowest BCUT2D eigenvalue weighted by Gasteiger charge is -2.43. The van der Waals surface area contributed by atoms with Gasteiger partial charge in [-0.2, -0.15) is 0 Å². The Balaban J connectivity index is 2.10. The Morgan fingerprint density at radius 2 is 1.22 bits per heavy atom. The van der Waals surface area contributed by atoms with Gasteiger partial charge < -0.3 is 0 Å². The molecule has 2 aromatic rings. The summed E-state index contributed by atoms with van der Waals surface area (Å²) in [5, 5.41) is 0.0980. The monoisotopic (exact) mass is 254 g/mol. The van der Waals surface area contributed by atoms with Crippen LogP contribution < -0.4 is 0 Å². The zero-order chi connectivity index (χ0) is 12.4. The van der Waals surface area contributed by atoms with Crippen LogP contribution in [0.2, 0.25) is 0 Å². The predicted octanol–water partition coefficient (Wildman–Crippen LogP) is 4.61. The second kappa shape index (κ2) is 4.86. The van der Waals surface area contributed by atoms with E-state index in [4.69, 9.17) is 0 Å². The fraction of sp³-hybridized carbons (Fsp3) is 0.294. The van der Waals surface area contributed by atoms with Crippen LogP contribution in [0.3, 0.4) is 0 Å². The van der Waals surface area contributed by atoms with Crippen molar-refractivity contribution in [2.75, 3.05) is 0 Å². The molecule has 0 amide bonds. The molecule has 0 bridgehead atoms. The highest BCUT2D eigenvalue weighted by Crippen LogP contribution is 2.52. The molecule has 1 heteroatoms. The van der Waals surface area contributed by atoms with Crippen molar-refractivity contribution in [1.82, 2.24) is 0 Å². The lowest BCUT2D eigenvalue weighted by Crippen LogP contribution is -2.34. The second-order valence-electron chi connectivity index (χ2n) is 5.23. The molecule has 1 aliphatic rings. The fourth-order valence-electron chi connectivity index (χ4n) is 2.93. The van der Waals surface area contributed by atoms with Crippen molar-refractivity contribution >= 4 is 9.24 Å². The summed E-state index contributed by atoms with van der Waals surface area (Å²) in [6.07, 6.45) is 4.06. The van der Waals surface area contributed by atoms with E-state index in [0.29, 0.717) is 0 Å². The minimum absolute atomic E-state index is 0.0980. The average molecular weight is 254 g/mol. The first-order chi connectivity index (χ1) is 8.82. The van der Waals surface area contributed by atoms with Gasteiger partial charge in [0.05, 0.1) is 0 Å². The minimum atomic E-state index is 0.0980. The van der Waals surface area contributed by atoms with Crippen LogP contribution in [0.4, 0.5) is 0 Å². The van der Waals surface area contributed by atoms with Crippen molar-refractivity contribution in [2.24, 2.45) is 5.92 Å². The molecule has 0 spiro atoms. The van der Waals surface area contributed by atoms with E-state index in [0.717, 1.165) is 5.92 Å². The molecular formula is C17H19P. The van der Waals surface area contributed by atoms with Gasteiger partial charge in [-0.3, -0.25) is 0 Å². The van der Waals surface area contributed by atoms with Gasteiger partial charge in [-0.25, -0.2) is 0 Å². The third-order valence-corrected chi connectivity index (χ3v) is 5.39. The molecule has 1 fully saturated rings. The average Bonchev–Trinajstić information content (AvgIpc) is 2.38. The van der Waals surface area contributed by atoms with Gasteiger partial charge in [0, 0.05) is 5.16 Å². The zero-order valence-corrected chi connectivity index (χ0v) is 11.7. The van der Waals surface area contributed by atoms with E-state index in [2.05, 4.69) is 69.9 Å². The maximum Gasteiger partial charge on any atom is 0.0372 e. The van der Waals surface area contributed by atoms with Crippen molar-refractivity contribution < 1.29 is 0 Å². The van der Waals surface area contributed by atoms with Gasteiger partial charge >= 0.3 is 0 Å². The van der Waals surface area contributed by atoms with Gasteiger partial charge in [0.15, 0.2) is 0 Å². The SMILES string of the molecule is PC(c1ccccc1)(c1ccccc1)C1CCC1. The Morgan fingerprint density at radius 3 is 1.56 bits per heavy atom. The van der Waals surface area contributed by atoms with E-state index in [1.165, 1.54) is 30.4 Å². The van der Waals surface area contributed by atoms with Crippen molar-refractivity contribution in [1.29, 1.82) is 0 Å². The third kappa shape index (κ3) is 1.89. The van der Waals surface area contributed by atoms with Crippen LogP contribution >= 0.6 is 9.24 Å². The van der Waals surface area contributed by atoms with Gasteiger partial charge in [-0.15, -0.1) is 9.24 Å². The molecule has 1 atom stereocenters. The molecule has 18 heavy (non-hydrogen) atoms. The largest absolute Gasteiger partial charge is 0.121 e. The number of benzene rings is 2. The van der Waals surface area contributed by atoms with E-state index in [-0.39, 0.29) is 5.16 Å². The second-order valence-corrected chi connectivity index (χ2v) is 6.14. The van der Waals surface area contributed by atoms with E-state index in [1.807, 2.05) is 0 Å². The summed E-state index contributed by atoms with van der Waals surface area (Å²) < 4.78 is 0. The van der Waals surface area contributed by atoms with Crippen LogP contribution in [0.5, 0.6) is 0 Å². The third-order valence-electron chi connectivity index (χ3n) is 4.25. The van der Waals surface area contributed by atoms with Crippen LogP contribution in [0.1, 0.15) is 30.4 Å². The highest BCUT2D eigenvalue weighted by Gasteiger charge is 2.40. The standard InChI is InChI=1S/C17H19P/c18-17(16-12-7-13-16,14-8-3-1-4-9-14)15-10-5-2-6-11-15/h1-6,8-11,16H,7,12-13,18H2. The molecule has 0 aliphatic heterocycles. The topological polar surface area (TPSA) is 0 Å². The summed E-state index contributed by atoms with van der Waals surface area (Å²) in [7, 11) is 3.16. The summed E-state index contributed by atoms with van der Waals surface area (Å²) in [5.74, 6) is 0.757. The fourth-order valence-corrected chi connectivity index (χ4v) is 3.65. The van der Waals surface area contributed by atoms with E-state index >= 15 is 0 Å². The molecule has 0 radical (unpaired) electrons. The van der Waals surface area contributed by atoms with Crippen molar-refractivity contribution in [3.05, 3.63) is 71.8 Å². The highest BCUT2D eigenvalue weighted by molar-refractivity contribution is 7.19. The summed E-state index contributed by atoms with van der Waals surface area (Å²) in [6, 6.07) is 21.8. The minimum Gasteiger partial charge on any atom is -0.121 e. The quantitative estimate of drug-likeness (QED) is 0.702. The first-order valence-corrected chi connectivity index (χ1v) is 7.29. The summed E-state index contributed by atoms with van der Waals surface area (Å²) in [4.78, 5) is 0. The summed E-state index contributed by atoms with van der Waals surface area (Å²) in [6.45, 7) is 0. The molecule has 0 heterocycles. The molecule has 1 aliphatic carbocycles. The number of rotatable bonds is 3. The molecule has 3 rings (SSSR count). The maximum atomic E-state index is 3.16.